The molecule has 0 aromatic heterocycles. The standard InChI is InChI=1S/C22H28N4O2.HI/c1-3-21(27)26-13-12-18(16-26)25-22(23-2)24-15-17-8-7-11-20(14-17)28-19-9-5-4-6-10-19;/h4-11,14,18H,3,12-13,15-16H2,1-2H3,(H2,23,24,25);1H. The number of halogens is 1. The zero-order valence-corrected chi connectivity index (χ0v) is 19.3. The Hall–Kier alpha value is -2.29. The Kier molecular flexibility index (Phi) is 9.24. The monoisotopic (exact) mass is 508 g/mol. The van der Waals surface area contributed by atoms with Crippen molar-refractivity contribution in [2.75, 3.05) is 20.1 Å². The molecule has 7 heteroatoms. The summed E-state index contributed by atoms with van der Waals surface area (Å²) >= 11 is 0. The molecule has 1 aliphatic heterocycles. The average Bonchev–Trinajstić information content (AvgIpc) is 3.20. The van der Waals surface area contributed by atoms with Crippen LogP contribution in [0.3, 0.4) is 0 Å². The van der Waals surface area contributed by atoms with Crippen LogP contribution in [0.5, 0.6) is 11.5 Å². The number of nitrogens with one attached hydrogen (secondary N) is 2. The first kappa shape index (κ1) is 23.0. The summed E-state index contributed by atoms with van der Waals surface area (Å²) in [6.07, 6.45) is 1.49. The molecule has 6 nitrogen and oxygen atoms in total. The van der Waals surface area contributed by atoms with Crippen molar-refractivity contribution < 1.29 is 9.53 Å². The first-order valence-electron chi connectivity index (χ1n) is 9.74. The van der Waals surface area contributed by atoms with Crippen molar-refractivity contribution in [1.82, 2.24) is 15.5 Å². The molecular formula is C22H29IN4O2. The number of para-hydroxylation sites is 1. The lowest BCUT2D eigenvalue weighted by Crippen LogP contribution is -2.44. The van der Waals surface area contributed by atoms with Gasteiger partial charge < -0.3 is 20.3 Å². The molecule has 0 spiro atoms. The Morgan fingerprint density at radius 1 is 1.17 bits per heavy atom. The fraction of sp³-hybridized carbons (Fsp3) is 0.364. The third kappa shape index (κ3) is 6.92. The quantitative estimate of drug-likeness (QED) is 0.354. The van der Waals surface area contributed by atoms with Crippen LogP contribution in [0, 0.1) is 0 Å². The maximum Gasteiger partial charge on any atom is 0.222 e. The number of amides is 1. The third-order valence-corrected chi connectivity index (χ3v) is 4.75. The van der Waals surface area contributed by atoms with Gasteiger partial charge in [0.1, 0.15) is 11.5 Å². The molecule has 156 valence electrons. The smallest absolute Gasteiger partial charge is 0.222 e. The highest BCUT2D eigenvalue weighted by Gasteiger charge is 2.25. The van der Waals surface area contributed by atoms with Gasteiger partial charge in [-0.05, 0) is 36.2 Å². The number of nitrogens with zero attached hydrogens (tertiary/aromatic N) is 2. The van der Waals surface area contributed by atoms with Crippen LogP contribution >= 0.6 is 24.0 Å². The Labute approximate surface area is 189 Å². The first-order valence-corrected chi connectivity index (χ1v) is 9.74. The number of ether oxygens (including phenoxy) is 1. The topological polar surface area (TPSA) is 66.0 Å². The number of hydrogen-bond acceptors (Lipinski definition) is 3. The van der Waals surface area contributed by atoms with Gasteiger partial charge in [-0.3, -0.25) is 9.79 Å². The van der Waals surface area contributed by atoms with Crippen LogP contribution in [-0.2, 0) is 11.3 Å². The number of aliphatic imine (C=N–C) groups is 1. The number of guanidine groups is 1. The van der Waals surface area contributed by atoms with E-state index >= 15 is 0 Å². The molecule has 29 heavy (non-hydrogen) atoms. The molecule has 1 fully saturated rings. The van der Waals surface area contributed by atoms with Crippen molar-refractivity contribution in [1.29, 1.82) is 0 Å². The normalized spacial score (nSPS) is 16.1. The van der Waals surface area contributed by atoms with Crippen LogP contribution in [0.15, 0.2) is 59.6 Å². The molecule has 2 N–H and O–H groups in total. The van der Waals surface area contributed by atoms with Crippen LogP contribution in [0.25, 0.3) is 0 Å². The van der Waals surface area contributed by atoms with Gasteiger partial charge in [0.25, 0.3) is 0 Å². The molecular weight excluding hydrogens is 479 g/mol. The summed E-state index contributed by atoms with van der Waals surface area (Å²) in [5, 5.41) is 6.75. The van der Waals surface area contributed by atoms with Gasteiger partial charge in [0.2, 0.25) is 5.91 Å². The maximum atomic E-state index is 11.8. The summed E-state index contributed by atoms with van der Waals surface area (Å²) in [5.74, 6) is 2.57. The zero-order chi connectivity index (χ0) is 19.8. The maximum absolute atomic E-state index is 11.8. The van der Waals surface area contributed by atoms with Gasteiger partial charge in [-0.2, -0.15) is 0 Å². The second-order valence-corrected chi connectivity index (χ2v) is 6.81. The minimum Gasteiger partial charge on any atom is -0.457 e. The van der Waals surface area contributed by atoms with Crippen LogP contribution in [-0.4, -0.2) is 42.9 Å². The van der Waals surface area contributed by atoms with Crippen molar-refractivity contribution in [2.45, 2.75) is 32.4 Å². The molecule has 1 aliphatic rings. The predicted molar refractivity (Wildman–Crippen MR) is 127 cm³/mol. The summed E-state index contributed by atoms with van der Waals surface area (Å²) < 4.78 is 5.89. The van der Waals surface area contributed by atoms with Gasteiger partial charge in [-0.25, -0.2) is 0 Å². The van der Waals surface area contributed by atoms with Crippen LogP contribution in [0.1, 0.15) is 25.3 Å². The van der Waals surface area contributed by atoms with E-state index in [0.717, 1.165) is 42.5 Å². The van der Waals surface area contributed by atoms with E-state index in [1.54, 1.807) is 7.05 Å². The molecule has 1 saturated heterocycles. The number of benzene rings is 2. The van der Waals surface area contributed by atoms with Gasteiger partial charge in [0.05, 0.1) is 0 Å². The second-order valence-electron chi connectivity index (χ2n) is 6.81. The van der Waals surface area contributed by atoms with E-state index < -0.39 is 0 Å². The van der Waals surface area contributed by atoms with Crippen molar-refractivity contribution in [3.8, 4) is 11.5 Å². The van der Waals surface area contributed by atoms with E-state index in [0.29, 0.717) is 13.0 Å². The molecule has 3 rings (SSSR count). The lowest BCUT2D eigenvalue weighted by Gasteiger charge is -2.19. The predicted octanol–water partition coefficient (Wildman–Crippen LogP) is 3.77. The van der Waals surface area contributed by atoms with Crippen LogP contribution in [0.4, 0.5) is 0 Å². The fourth-order valence-electron chi connectivity index (χ4n) is 3.25. The summed E-state index contributed by atoms with van der Waals surface area (Å²) in [6, 6.07) is 18.0. The molecule has 1 atom stereocenters. The molecule has 1 heterocycles. The molecule has 2 aromatic carbocycles. The van der Waals surface area contributed by atoms with Gasteiger partial charge >= 0.3 is 0 Å². The molecule has 0 radical (unpaired) electrons. The highest BCUT2D eigenvalue weighted by molar-refractivity contribution is 14.0. The lowest BCUT2D eigenvalue weighted by atomic mass is 10.2. The van der Waals surface area contributed by atoms with E-state index in [9.17, 15) is 4.79 Å². The fourth-order valence-corrected chi connectivity index (χ4v) is 3.25. The van der Waals surface area contributed by atoms with Crippen molar-refractivity contribution in [3.63, 3.8) is 0 Å². The number of hydrogen-bond donors (Lipinski definition) is 2. The molecule has 1 unspecified atom stereocenters. The summed E-state index contributed by atoms with van der Waals surface area (Å²) in [4.78, 5) is 18.0. The van der Waals surface area contributed by atoms with Crippen molar-refractivity contribution in [3.05, 3.63) is 60.2 Å². The van der Waals surface area contributed by atoms with Crippen LogP contribution < -0.4 is 15.4 Å². The van der Waals surface area contributed by atoms with E-state index in [2.05, 4.69) is 21.7 Å². The highest BCUT2D eigenvalue weighted by atomic mass is 127. The molecule has 0 saturated carbocycles. The Morgan fingerprint density at radius 3 is 2.66 bits per heavy atom. The summed E-state index contributed by atoms with van der Waals surface area (Å²) in [6.45, 7) is 4.07. The molecule has 0 bridgehead atoms. The first-order chi connectivity index (χ1) is 13.7. The Bertz CT molecular complexity index is 813. The Morgan fingerprint density at radius 2 is 1.93 bits per heavy atom. The van der Waals surface area contributed by atoms with Crippen LogP contribution in [0.2, 0.25) is 0 Å². The number of likely N-dealkylation sites (tertiary alicyclic amines) is 1. The van der Waals surface area contributed by atoms with E-state index in [-0.39, 0.29) is 35.9 Å². The SMILES string of the molecule is CCC(=O)N1CCC(NC(=NC)NCc2cccc(Oc3ccccc3)c2)C1.I. The second kappa shape index (κ2) is 11.6. The van der Waals surface area contributed by atoms with Gasteiger partial charge in [-0.1, -0.05) is 37.3 Å². The van der Waals surface area contributed by atoms with Gasteiger partial charge in [-0.15, -0.1) is 24.0 Å². The number of rotatable bonds is 6. The van der Waals surface area contributed by atoms with Gasteiger partial charge in [0, 0.05) is 39.1 Å². The summed E-state index contributed by atoms with van der Waals surface area (Å²) in [5.41, 5.74) is 1.10. The zero-order valence-electron chi connectivity index (χ0n) is 16.9. The molecule has 2 aromatic rings. The highest BCUT2D eigenvalue weighted by Crippen LogP contribution is 2.21. The molecule has 0 aliphatic carbocycles. The minimum absolute atomic E-state index is 0. The summed E-state index contributed by atoms with van der Waals surface area (Å²) in [7, 11) is 1.76. The van der Waals surface area contributed by atoms with Crippen molar-refractivity contribution >= 4 is 35.8 Å². The number of carbonyl (C=O) groups is 1. The minimum atomic E-state index is 0. The van der Waals surface area contributed by atoms with Gasteiger partial charge in [0.15, 0.2) is 5.96 Å². The van der Waals surface area contributed by atoms with E-state index in [1.165, 1.54) is 0 Å². The van der Waals surface area contributed by atoms with Crippen molar-refractivity contribution in [2.24, 2.45) is 4.99 Å². The Balaban J connectivity index is 0.00000300. The largest absolute Gasteiger partial charge is 0.457 e. The average molecular weight is 508 g/mol. The third-order valence-electron chi connectivity index (χ3n) is 4.75. The number of carbonyl (C=O) groups excluding carboxylic acids is 1. The van der Waals surface area contributed by atoms with E-state index in [1.807, 2.05) is 60.4 Å². The lowest BCUT2D eigenvalue weighted by molar-refractivity contribution is -0.129. The molecule has 1 amide bonds. The van der Waals surface area contributed by atoms with E-state index in [4.69, 9.17) is 4.74 Å².